The third kappa shape index (κ3) is 3.10. The summed E-state index contributed by atoms with van der Waals surface area (Å²) in [6, 6.07) is 10.2. The van der Waals surface area contributed by atoms with Gasteiger partial charge in [-0.1, -0.05) is 44.4 Å². The van der Waals surface area contributed by atoms with Gasteiger partial charge in [0.25, 0.3) is 5.91 Å². The predicted octanol–water partition coefficient (Wildman–Crippen LogP) is 5.38. The number of benzene rings is 1. The molecule has 1 aromatic carbocycles. The number of carbonyl (C=O) groups is 1. The van der Waals surface area contributed by atoms with Crippen molar-refractivity contribution in [2.45, 2.75) is 94.8 Å². The van der Waals surface area contributed by atoms with Gasteiger partial charge in [0.15, 0.2) is 0 Å². The lowest BCUT2D eigenvalue weighted by atomic mass is 9.68. The number of rotatable bonds is 2. The van der Waals surface area contributed by atoms with Crippen molar-refractivity contribution in [2.24, 2.45) is 11.8 Å². The summed E-state index contributed by atoms with van der Waals surface area (Å²) in [5.41, 5.74) is 1.69. The van der Waals surface area contributed by atoms with Gasteiger partial charge in [0.05, 0.1) is 11.3 Å². The van der Waals surface area contributed by atoms with Crippen LogP contribution in [0.15, 0.2) is 36.7 Å². The minimum absolute atomic E-state index is 0.137. The Morgan fingerprint density at radius 3 is 2.20 bits per heavy atom. The molecule has 2 aliphatic carbocycles. The summed E-state index contributed by atoms with van der Waals surface area (Å²) in [5.74, 6) is 2.86. The molecule has 30 heavy (non-hydrogen) atoms. The molecular weight excluding hydrogens is 370 g/mol. The van der Waals surface area contributed by atoms with Crippen LogP contribution in [0.25, 0.3) is 0 Å². The molecule has 1 aromatic rings. The molecule has 2 saturated heterocycles. The van der Waals surface area contributed by atoms with Crippen molar-refractivity contribution in [3.8, 4) is 0 Å². The van der Waals surface area contributed by atoms with Gasteiger partial charge in [0.1, 0.15) is 5.82 Å². The summed E-state index contributed by atoms with van der Waals surface area (Å²) >= 11 is 0. The number of piperidine rings is 2. The van der Waals surface area contributed by atoms with E-state index in [0.29, 0.717) is 12.1 Å². The largest absolute Gasteiger partial charge is 0.341 e. The van der Waals surface area contributed by atoms with Gasteiger partial charge >= 0.3 is 0 Å². The first-order valence-electron chi connectivity index (χ1n) is 12.3. The monoisotopic (exact) mass is 405 g/mol. The molecule has 4 heteroatoms. The molecule has 160 valence electrons. The number of hydrogen-bond acceptors (Lipinski definition) is 3. The van der Waals surface area contributed by atoms with Crippen LogP contribution in [0, 0.1) is 11.8 Å². The Balaban J connectivity index is 1.23. The molecule has 4 fully saturated rings. The molecule has 5 aliphatic rings. The van der Waals surface area contributed by atoms with E-state index in [9.17, 15) is 4.79 Å². The predicted molar refractivity (Wildman–Crippen MR) is 120 cm³/mol. The quantitative estimate of drug-likeness (QED) is 0.717. The van der Waals surface area contributed by atoms with E-state index in [0.717, 1.165) is 47.8 Å². The number of amides is 1. The first kappa shape index (κ1) is 18.9. The Morgan fingerprint density at radius 2 is 1.47 bits per heavy atom. The summed E-state index contributed by atoms with van der Waals surface area (Å²) in [7, 11) is 0. The highest BCUT2D eigenvalue weighted by molar-refractivity contribution is 6.03. The van der Waals surface area contributed by atoms with E-state index in [2.05, 4.69) is 16.8 Å². The molecule has 2 saturated carbocycles. The van der Waals surface area contributed by atoms with Gasteiger partial charge in [0, 0.05) is 24.2 Å². The smallest absolute Gasteiger partial charge is 0.261 e. The summed E-state index contributed by atoms with van der Waals surface area (Å²) in [6.45, 7) is 4.24. The zero-order valence-electron chi connectivity index (χ0n) is 18.1. The van der Waals surface area contributed by atoms with Gasteiger partial charge < -0.3 is 5.32 Å². The molecule has 0 aromatic heterocycles. The van der Waals surface area contributed by atoms with E-state index in [1.165, 1.54) is 57.8 Å². The van der Waals surface area contributed by atoms with Crippen LogP contribution in [-0.4, -0.2) is 39.9 Å². The first-order chi connectivity index (χ1) is 14.7. The van der Waals surface area contributed by atoms with E-state index >= 15 is 0 Å². The lowest BCUT2D eigenvalue weighted by Gasteiger charge is -2.56. The van der Waals surface area contributed by atoms with Crippen molar-refractivity contribution in [3.63, 3.8) is 0 Å². The Kier molecular flexibility index (Phi) is 4.67. The normalized spacial score (nSPS) is 38.7. The van der Waals surface area contributed by atoms with E-state index in [4.69, 9.17) is 0 Å². The van der Waals surface area contributed by atoms with Crippen LogP contribution in [0.1, 0.15) is 81.0 Å². The van der Waals surface area contributed by atoms with Crippen molar-refractivity contribution >= 4 is 11.6 Å². The average Bonchev–Trinajstić information content (AvgIpc) is 2.73. The van der Waals surface area contributed by atoms with Crippen LogP contribution in [-0.2, 0) is 0 Å². The van der Waals surface area contributed by atoms with Gasteiger partial charge in [-0.15, -0.1) is 0 Å². The standard InChI is InChI=1S/C26H35N3O/c1-17-27-25-11-3-2-10-24(25)26(30)28(17)23-15-20-8-5-9-21(16-23)29(20)22-13-18-6-4-7-19(12-18)14-22/h2-3,10-11,18-23,27H,1,4-9,12-16H2/t18-,19+,20-,21+,22+,23?. The average molecular weight is 406 g/mol. The van der Waals surface area contributed by atoms with Gasteiger partial charge in [0.2, 0.25) is 0 Å². The molecule has 6 atom stereocenters. The van der Waals surface area contributed by atoms with Gasteiger partial charge in [-0.25, -0.2) is 0 Å². The van der Waals surface area contributed by atoms with Crippen LogP contribution < -0.4 is 5.32 Å². The molecule has 0 spiro atoms. The number of anilines is 1. The van der Waals surface area contributed by atoms with Crippen LogP contribution in [0.2, 0.25) is 0 Å². The molecule has 1 N–H and O–H groups in total. The van der Waals surface area contributed by atoms with E-state index in [1.54, 1.807) is 0 Å². The van der Waals surface area contributed by atoms with Crippen molar-refractivity contribution in [1.29, 1.82) is 0 Å². The van der Waals surface area contributed by atoms with Crippen molar-refractivity contribution in [2.75, 3.05) is 5.32 Å². The Labute approximate surface area is 180 Å². The molecule has 4 bridgehead atoms. The summed E-state index contributed by atoms with van der Waals surface area (Å²) in [5, 5.41) is 3.40. The molecule has 3 heterocycles. The minimum atomic E-state index is 0.137. The molecular formula is C26H35N3O. The second kappa shape index (κ2) is 7.40. The first-order valence-corrected chi connectivity index (χ1v) is 12.3. The number of carbonyl (C=O) groups excluding carboxylic acids is 1. The Bertz CT molecular complexity index is 824. The zero-order chi connectivity index (χ0) is 20.2. The minimum Gasteiger partial charge on any atom is -0.341 e. The fraction of sp³-hybridized carbons (Fsp3) is 0.654. The second-order valence-electron chi connectivity index (χ2n) is 10.6. The molecule has 1 unspecified atom stereocenters. The van der Waals surface area contributed by atoms with Crippen LogP contribution in [0.5, 0.6) is 0 Å². The number of para-hydroxylation sites is 1. The maximum Gasteiger partial charge on any atom is 0.261 e. The maximum absolute atomic E-state index is 13.4. The SMILES string of the molecule is C=C1Nc2ccccc2C(=O)N1C1C[C@H]2CCC[C@@H](C1)N2[C@H]1C[C@@H]2CCC[C@@H](C2)C1. The van der Waals surface area contributed by atoms with Crippen LogP contribution in [0.4, 0.5) is 5.69 Å². The van der Waals surface area contributed by atoms with E-state index < -0.39 is 0 Å². The van der Waals surface area contributed by atoms with Crippen molar-refractivity contribution < 1.29 is 4.79 Å². The highest BCUT2D eigenvalue weighted by Gasteiger charge is 2.47. The molecule has 4 nitrogen and oxygen atoms in total. The van der Waals surface area contributed by atoms with Crippen LogP contribution >= 0.6 is 0 Å². The van der Waals surface area contributed by atoms with Crippen LogP contribution in [0.3, 0.4) is 0 Å². The number of nitrogens with zero attached hydrogens (tertiary/aromatic N) is 2. The summed E-state index contributed by atoms with van der Waals surface area (Å²) in [4.78, 5) is 18.3. The van der Waals surface area contributed by atoms with Gasteiger partial charge in [-0.3, -0.25) is 14.6 Å². The Hall–Kier alpha value is -1.81. The number of fused-ring (bicyclic) bond motifs is 5. The molecule has 1 amide bonds. The molecule has 6 rings (SSSR count). The number of nitrogens with one attached hydrogen (secondary N) is 1. The highest BCUT2D eigenvalue weighted by atomic mass is 16.2. The van der Waals surface area contributed by atoms with Gasteiger partial charge in [-0.05, 0) is 68.9 Å². The van der Waals surface area contributed by atoms with E-state index in [1.807, 2.05) is 29.2 Å². The Morgan fingerprint density at radius 1 is 0.800 bits per heavy atom. The van der Waals surface area contributed by atoms with Gasteiger partial charge in [-0.2, -0.15) is 0 Å². The lowest BCUT2D eigenvalue weighted by molar-refractivity contribution is -0.0539. The molecule has 3 aliphatic heterocycles. The highest BCUT2D eigenvalue weighted by Crippen LogP contribution is 2.47. The topological polar surface area (TPSA) is 35.6 Å². The van der Waals surface area contributed by atoms with Crippen molar-refractivity contribution in [1.82, 2.24) is 9.80 Å². The summed E-state index contributed by atoms with van der Waals surface area (Å²) < 4.78 is 0. The second-order valence-corrected chi connectivity index (χ2v) is 10.6. The van der Waals surface area contributed by atoms with E-state index in [-0.39, 0.29) is 11.9 Å². The maximum atomic E-state index is 13.4. The fourth-order valence-corrected chi connectivity index (χ4v) is 7.77. The van der Waals surface area contributed by atoms with Crippen molar-refractivity contribution in [3.05, 3.63) is 42.2 Å². The third-order valence-corrected chi connectivity index (χ3v) is 8.84. The third-order valence-electron chi connectivity index (χ3n) is 8.84. The lowest BCUT2D eigenvalue weighted by Crippen LogP contribution is -2.62. The fourth-order valence-electron chi connectivity index (χ4n) is 7.77. The zero-order valence-corrected chi connectivity index (χ0v) is 18.1. The summed E-state index contributed by atoms with van der Waals surface area (Å²) in [6.07, 6.45) is 14.9. The number of hydrogen-bond donors (Lipinski definition) is 1. The molecule has 0 radical (unpaired) electrons.